The highest BCUT2D eigenvalue weighted by molar-refractivity contribution is 7.92. The van der Waals surface area contributed by atoms with Crippen LogP contribution in [0.15, 0.2) is 77.7 Å². The smallest absolute Gasteiger partial charge is 0.221 e. The van der Waals surface area contributed by atoms with Crippen molar-refractivity contribution in [2.45, 2.75) is 30.4 Å². The van der Waals surface area contributed by atoms with E-state index in [0.29, 0.717) is 22.4 Å². The van der Waals surface area contributed by atoms with E-state index in [0.717, 1.165) is 12.0 Å². The van der Waals surface area contributed by atoms with Gasteiger partial charge < -0.3 is 10.6 Å². The summed E-state index contributed by atoms with van der Waals surface area (Å²) >= 11 is 0. The molecule has 0 radical (unpaired) electrons. The summed E-state index contributed by atoms with van der Waals surface area (Å²) in [6.45, 7) is 3.42. The van der Waals surface area contributed by atoms with Crippen molar-refractivity contribution in [3.8, 4) is 6.07 Å². The number of anilines is 3. The number of nitrogens with one attached hydrogen (secondary N) is 2. The molecule has 4 aromatic rings. The lowest BCUT2D eigenvalue weighted by atomic mass is 10.1. The van der Waals surface area contributed by atoms with E-state index in [1.54, 1.807) is 18.2 Å². The maximum absolute atomic E-state index is 13.5. The Morgan fingerprint density at radius 1 is 0.943 bits per heavy atom. The molecule has 176 valence electrons. The van der Waals surface area contributed by atoms with Gasteiger partial charge in [-0.3, -0.25) is 4.79 Å². The summed E-state index contributed by atoms with van der Waals surface area (Å²) in [5, 5.41) is 14.1. The predicted octanol–water partition coefficient (Wildman–Crippen LogP) is 4.93. The molecular formula is C26H23N5O3S. The number of amides is 1. The lowest BCUT2D eigenvalue weighted by Crippen LogP contribution is -2.16. The van der Waals surface area contributed by atoms with Crippen LogP contribution in [0.25, 0.3) is 11.0 Å². The van der Waals surface area contributed by atoms with Crippen LogP contribution in [0.4, 0.5) is 17.2 Å². The molecule has 0 saturated heterocycles. The molecule has 1 aromatic heterocycles. The second-order valence-electron chi connectivity index (χ2n) is 7.88. The molecule has 0 spiro atoms. The zero-order valence-corrected chi connectivity index (χ0v) is 20.0. The zero-order valence-electron chi connectivity index (χ0n) is 19.2. The van der Waals surface area contributed by atoms with Crippen molar-refractivity contribution < 1.29 is 13.2 Å². The Kier molecular flexibility index (Phi) is 6.75. The summed E-state index contributed by atoms with van der Waals surface area (Å²) in [6, 6.07) is 22.3. The molecule has 35 heavy (non-hydrogen) atoms. The lowest BCUT2D eigenvalue weighted by molar-refractivity contribution is -0.114. The van der Waals surface area contributed by atoms with Crippen molar-refractivity contribution in [3.05, 3.63) is 84.1 Å². The number of hydrogen-bond donors (Lipinski definition) is 2. The van der Waals surface area contributed by atoms with Gasteiger partial charge in [0, 0.05) is 18.3 Å². The van der Waals surface area contributed by atoms with Crippen molar-refractivity contribution >= 4 is 44.0 Å². The Hall–Kier alpha value is -4.29. The Morgan fingerprint density at radius 3 is 2.11 bits per heavy atom. The molecule has 1 unspecified atom stereocenters. The number of carbonyl (C=O) groups is 1. The highest BCUT2D eigenvalue weighted by atomic mass is 32.2. The molecule has 0 aliphatic rings. The number of hydrogen-bond acceptors (Lipinski definition) is 7. The fraction of sp³-hybridized carbons (Fsp3) is 0.154. The molecule has 1 amide bonds. The minimum atomic E-state index is -4.16. The van der Waals surface area contributed by atoms with Crippen LogP contribution in [0.3, 0.4) is 0 Å². The summed E-state index contributed by atoms with van der Waals surface area (Å²) in [5.41, 5.74) is 3.36. The summed E-state index contributed by atoms with van der Waals surface area (Å²) in [7, 11) is -4.16. The highest BCUT2D eigenvalue weighted by Crippen LogP contribution is 2.34. The summed E-state index contributed by atoms with van der Waals surface area (Å²) in [4.78, 5) is 20.3. The van der Waals surface area contributed by atoms with Crippen LogP contribution in [0.1, 0.15) is 30.4 Å². The van der Waals surface area contributed by atoms with E-state index in [4.69, 9.17) is 0 Å². The SMILES string of the molecule is CCc1ccc(Nc2nc3ccccc3nc2C(C#N)S(=O)(=O)c2ccc(NC(C)=O)cc2)cc1. The molecule has 0 aliphatic heterocycles. The third-order valence-electron chi connectivity index (χ3n) is 5.40. The van der Waals surface area contributed by atoms with Gasteiger partial charge in [-0.15, -0.1) is 0 Å². The number of sulfone groups is 1. The lowest BCUT2D eigenvalue weighted by Gasteiger charge is -2.16. The van der Waals surface area contributed by atoms with E-state index in [1.807, 2.05) is 36.4 Å². The Labute approximate surface area is 203 Å². The summed E-state index contributed by atoms with van der Waals surface area (Å²) < 4.78 is 27.0. The monoisotopic (exact) mass is 485 g/mol. The van der Waals surface area contributed by atoms with Crippen LogP contribution >= 0.6 is 0 Å². The molecule has 3 aromatic carbocycles. The van der Waals surface area contributed by atoms with E-state index < -0.39 is 15.1 Å². The Bertz CT molecular complexity index is 1530. The van der Waals surface area contributed by atoms with Gasteiger partial charge in [-0.05, 0) is 60.5 Å². The Morgan fingerprint density at radius 2 is 1.54 bits per heavy atom. The average Bonchev–Trinajstić information content (AvgIpc) is 2.85. The van der Waals surface area contributed by atoms with Crippen molar-refractivity contribution in [2.75, 3.05) is 10.6 Å². The number of para-hydroxylation sites is 2. The molecule has 8 nitrogen and oxygen atoms in total. The van der Waals surface area contributed by atoms with Gasteiger partial charge in [0.15, 0.2) is 11.1 Å². The molecular weight excluding hydrogens is 462 g/mol. The van der Waals surface area contributed by atoms with Gasteiger partial charge in [0.1, 0.15) is 5.69 Å². The van der Waals surface area contributed by atoms with E-state index in [1.165, 1.54) is 31.2 Å². The first-order valence-electron chi connectivity index (χ1n) is 11.0. The normalized spacial score (nSPS) is 12.0. The third kappa shape index (κ3) is 5.13. The summed E-state index contributed by atoms with van der Waals surface area (Å²) in [6.07, 6.45) is 0.886. The van der Waals surface area contributed by atoms with Crippen LogP contribution in [0.2, 0.25) is 0 Å². The Balaban J connectivity index is 1.79. The second kappa shape index (κ2) is 9.91. The zero-order chi connectivity index (χ0) is 25.0. The predicted molar refractivity (Wildman–Crippen MR) is 135 cm³/mol. The standard InChI is InChI=1S/C26H23N5O3S/c1-3-18-8-10-20(11-9-18)29-26-25(30-22-6-4-5-7-23(22)31-26)24(16-27)35(33,34)21-14-12-19(13-15-21)28-17(2)32/h4-15,24H,3H2,1-2H3,(H,28,32)(H,29,31). The van der Waals surface area contributed by atoms with Gasteiger partial charge in [0.25, 0.3) is 0 Å². The van der Waals surface area contributed by atoms with Crippen molar-refractivity contribution in [1.29, 1.82) is 5.26 Å². The van der Waals surface area contributed by atoms with Crippen LogP contribution in [-0.4, -0.2) is 24.3 Å². The topological polar surface area (TPSA) is 125 Å². The van der Waals surface area contributed by atoms with E-state index in [-0.39, 0.29) is 22.3 Å². The first kappa shape index (κ1) is 23.9. The van der Waals surface area contributed by atoms with E-state index in [9.17, 15) is 18.5 Å². The van der Waals surface area contributed by atoms with E-state index in [2.05, 4.69) is 27.5 Å². The number of aryl methyl sites for hydroxylation is 1. The van der Waals surface area contributed by atoms with Crippen LogP contribution in [0, 0.1) is 11.3 Å². The minimum Gasteiger partial charge on any atom is -0.339 e. The maximum atomic E-state index is 13.5. The van der Waals surface area contributed by atoms with E-state index >= 15 is 0 Å². The fourth-order valence-corrected chi connectivity index (χ4v) is 4.98. The number of nitrogens with zero attached hydrogens (tertiary/aromatic N) is 3. The second-order valence-corrected chi connectivity index (χ2v) is 9.91. The number of carbonyl (C=O) groups excluding carboxylic acids is 1. The maximum Gasteiger partial charge on any atom is 0.221 e. The molecule has 0 saturated carbocycles. The van der Waals surface area contributed by atoms with Crippen LogP contribution in [0.5, 0.6) is 0 Å². The average molecular weight is 486 g/mol. The third-order valence-corrected chi connectivity index (χ3v) is 7.28. The quantitative estimate of drug-likeness (QED) is 0.380. The first-order valence-corrected chi connectivity index (χ1v) is 12.5. The number of rotatable bonds is 7. The van der Waals surface area contributed by atoms with Crippen molar-refractivity contribution in [3.63, 3.8) is 0 Å². The number of aromatic nitrogens is 2. The number of fused-ring (bicyclic) bond motifs is 1. The van der Waals surface area contributed by atoms with Gasteiger partial charge in [-0.25, -0.2) is 18.4 Å². The van der Waals surface area contributed by atoms with Gasteiger partial charge in [0.05, 0.1) is 22.0 Å². The van der Waals surface area contributed by atoms with Crippen LogP contribution in [-0.2, 0) is 21.1 Å². The molecule has 1 heterocycles. The van der Waals surface area contributed by atoms with Gasteiger partial charge in [-0.1, -0.05) is 31.2 Å². The number of nitriles is 1. The molecule has 1 atom stereocenters. The van der Waals surface area contributed by atoms with Crippen molar-refractivity contribution in [1.82, 2.24) is 9.97 Å². The largest absolute Gasteiger partial charge is 0.339 e. The highest BCUT2D eigenvalue weighted by Gasteiger charge is 2.33. The first-order chi connectivity index (χ1) is 16.8. The molecule has 2 N–H and O–H groups in total. The minimum absolute atomic E-state index is 0.0108. The summed E-state index contributed by atoms with van der Waals surface area (Å²) in [5.74, 6) is -0.0810. The molecule has 9 heteroatoms. The molecule has 0 bridgehead atoms. The van der Waals surface area contributed by atoms with Crippen LogP contribution < -0.4 is 10.6 Å². The molecule has 4 rings (SSSR count). The van der Waals surface area contributed by atoms with Crippen molar-refractivity contribution in [2.24, 2.45) is 0 Å². The molecule has 0 fully saturated rings. The number of benzene rings is 3. The van der Waals surface area contributed by atoms with Gasteiger partial charge >= 0.3 is 0 Å². The molecule has 0 aliphatic carbocycles. The van der Waals surface area contributed by atoms with Gasteiger partial charge in [0.2, 0.25) is 15.7 Å². The fourth-order valence-electron chi connectivity index (χ4n) is 3.59. The van der Waals surface area contributed by atoms with Gasteiger partial charge in [-0.2, -0.15) is 5.26 Å².